The molecule has 2 aliphatic heterocycles. The Hall–Kier alpha value is -1.54. The van der Waals surface area contributed by atoms with Crippen molar-refractivity contribution in [3.05, 3.63) is 5.01 Å². The number of hydrogen-bond acceptors (Lipinski definition) is 6. The van der Waals surface area contributed by atoms with Crippen LogP contribution in [0.25, 0.3) is 0 Å². The Kier molecular flexibility index (Phi) is 6.36. The van der Waals surface area contributed by atoms with Gasteiger partial charge in [-0.2, -0.15) is 0 Å². The topological polar surface area (TPSA) is 78.4 Å². The van der Waals surface area contributed by atoms with E-state index in [0.717, 1.165) is 56.7 Å². The fourth-order valence-corrected chi connectivity index (χ4v) is 4.27. The zero-order valence-corrected chi connectivity index (χ0v) is 15.7. The fourth-order valence-electron chi connectivity index (χ4n) is 3.57. The van der Waals surface area contributed by atoms with Gasteiger partial charge in [0.2, 0.25) is 16.9 Å². The van der Waals surface area contributed by atoms with E-state index in [0.29, 0.717) is 18.1 Å². The van der Waals surface area contributed by atoms with Gasteiger partial charge in [-0.15, -0.1) is 10.2 Å². The summed E-state index contributed by atoms with van der Waals surface area (Å²) in [5.74, 6) is 0.198. The number of amides is 2. The van der Waals surface area contributed by atoms with Crippen LogP contribution in [-0.2, 0) is 16.0 Å². The lowest BCUT2D eigenvalue weighted by molar-refractivity contribution is -0.137. The molecule has 3 rings (SSSR count). The second-order valence-corrected chi connectivity index (χ2v) is 7.79. The van der Waals surface area contributed by atoms with E-state index in [9.17, 15) is 9.59 Å². The second-order valence-electron chi connectivity index (χ2n) is 6.73. The molecule has 1 atom stereocenters. The molecule has 8 heteroatoms. The molecule has 0 radical (unpaired) electrons. The molecule has 2 amide bonds. The number of aryl methyl sites for hydroxylation is 1. The maximum absolute atomic E-state index is 12.7. The SMILES string of the molecule is CCc1nnc(NC(=O)CCN2CCCC2C(=O)N2CCCCC2)s1. The number of anilines is 1. The summed E-state index contributed by atoms with van der Waals surface area (Å²) >= 11 is 1.41. The second kappa shape index (κ2) is 8.71. The van der Waals surface area contributed by atoms with Crippen molar-refractivity contribution in [1.82, 2.24) is 20.0 Å². The molecule has 25 heavy (non-hydrogen) atoms. The van der Waals surface area contributed by atoms with Crippen LogP contribution in [0.2, 0.25) is 0 Å². The average molecular weight is 366 g/mol. The highest BCUT2D eigenvalue weighted by atomic mass is 32.1. The Labute approximate surface area is 152 Å². The van der Waals surface area contributed by atoms with Gasteiger partial charge >= 0.3 is 0 Å². The summed E-state index contributed by atoms with van der Waals surface area (Å²) in [5, 5.41) is 12.3. The van der Waals surface area contributed by atoms with Crippen LogP contribution in [0.3, 0.4) is 0 Å². The first kappa shape index (κ1) is 18.3. The normalized spacial score (nSPS) is 21.5. The zero-order chi connectivity index (χ0) is 17.6. The largest absolute Gasteiger partial charge is 0.341 e. The molecule has 1 unspecified atom stereocenters. The van der Waals surface area contributed by atoms with Crippen LogP contribution >= 0.6 is 11.3 Å². The third-order valence-corrected chi connectivity index (χ3v) is 5.94. The molecule has 0 bridgehead atoms. The fraction of sp³-hybridized carbons (Fsp3) is 0.765. The van der Waals surface area contributed by atoms with Gasteiger partial charge < -0.3 is 10.2 Å². The van der Waals surface area contributed by atoms with E-state index in [1.54, 1.807) is 0 Å². The van der Waals surface area contributed by atoms with Crippen LogP contribution in [-0.4, -0.2) is 64.0 Å². The highest BCUT2D eigenvalue weighted by Gasteiger charge is 2.34. The van der Waals surface area contributed by atoms with Crippen LogP contribution in [0.4, 0.5) is 5.13 Å². The molecule has 7 nitrogen and oxygen atoms in total. The van der Waals surface area contributed by atoms with Gasteiger partial charge in [-0.1, -0.05) is 18.3 Å². The molecule has 2 aliphatic rings. The number of piperidine rings is 1. The molecule has 0 spiro atoms. The number of likely N-dealkylation sites (tertiary alicyclic amines) is 2. The minimum Gasteiger partial charge on any atom is -0.341 e. The minimum absolute atomic E-state index is 0.0425. The molecule has 0 aliphatic carbocycles. The van der Waals surface area contributed by atoms with Crippen molar-refractivity contribution in [3.8, 4) is 0 Å². The molecule has 0 aromatic carbocycles. The van der Waals surface area contributed by atoms with Crippen molar-refractivity contribution in [1.29, 1.82) is 0 Å². The van der Waals surface area contributed by atoms with Gasteiger partial charge in [-0.05, 0) is 45.1 Å². The molecule has 1 N–H and O–H groups in total. The number of hydrogen-bond donors (Lipinski definition) is 1. The summed E-state index contributed by atoms with van der Waals surface area (Å²) in [6.07, 6.45) is 6.59. The predicted octanol–water partition coefficient (Wildman–Crippen LogP) is 1.91. The standard InChI is InChI=1S/C17H27N5O2S/c1-2-15-19-20-17(25-15)18-14(23)8-12-21-11-6-7-13(21)16(24)22-9-4-3-5-10-22/h13H,2-12H2,1H3,(H,18,20,23). The lowest BCUT2D eigenvalue weighted by Crippen LogP contribution is -2.47. The lowest BCUT2D eigenvalue weighted by atomic mass is 10.1. The molecular weight excluding hydrogens is 338 g/mol. The number of nitrogens with one attached hydrogen (secondary N) is 1. The summed E-state index contributed by atoms with van der Waals surface area (Å²) in [6.45, 7) is 5.31. The summed E-state index contributed by atoms with van der Waals surface area (Å²) in [4.78, 5) is 29.1. The molecule has 1 aromatic heterocycles. The first-order valence-electron chi connectivity index (χ1n) is 9.32. The van der Waals surface area contributed by atoms with Gasteiger partial charge in [0, 0.05) is 26.1 Å². The molecule has 1 aromatic rings. The van der Waals surface area contributed by atoms with E-state index in [-0.39, 0.29) is 17.9 Å². The first-order chi connectivity index (χ1) is 12.2. The Morgan fingerprint density at radius 3 is 2.68 bits per heavy atom. The summed E-state index contributed by atoms with van der Waals surface area (Å²) in [5.41, 5.74) is 0. The highest BCUT2D eigenvalue weighted by molar-refractivity contribution is 7.15. The quantitative estimate of drug-likeness (QED) is 0.833. The van der Waals surface area contributed by atoms with Crippen LogP contribution in [0.5, 0.6) is 0 Å². The van der Waals surface area contributed by atoms with Gasteiger partial charge in [0.1, 0.15) is 5.01 Å². The van der Waals surface area contributed by atoms with E-state index >= 15 is 0 Å². The minimum atomic E-state index is -0.0603. The van der Waals surface area contributed by atoms with E-state index in [2.05, 4.69) is 20.4 Å². The van der Waals surface area contributed by atoms with Crippen molar-refractivity contribution in [2.45, 2.75) is 57.9 Å². The van der Waals surface area contributed by atoms with E-state index < -0.39 is 0 Å². The monoisotopic (exact) mass is 365 g/mol. The smallest absolute Gasteiger partial charge is 0.239 e. The highest BCUT2D eigenvalue weighted by Crippen LogP contribution is 2.22. The van der Waals surface area contributed by atoms with Crippen molar-refractivity contribution in [3.63, 3.8) is 0 Å². The van der Waals surface area contributed by atoms with Crippen molar-refractivity contribution in [2.75, 3.05) is 31.5 Å². The molecule has 2 fully saturated rings. The zero-order valence-electron chi connectivity index (χ0n) is 14.9. The van der Waals surface area contributed by atoms with E-state index in [1.807, 2.05) is 11.8 Å². The van der Waals surface area contributed by atoms with E-state index in [1.165, 1.54) is 17.8 Å². The van der Waals surface area contributed by atoms with Gasteiger partial charge in [0.15, 0.2) is 0 Å². The van der Waals surface area contributed by atoms with Crippen LogP contribution < -0.4 is 5.32 Å². The molecular formula is C17H27N5O2S. The maximum Gasteiger partial charge on any atom is 0.239 e. The predicted molar refractivity (Wildman–Crippen MR) is 97.6 cm³/mol. The summed E-state index contributed by atoms with van der Waals surface area (Å²) in [7, 11) is 0. The van der Waals surface area contributed by atoms with Crippen LogP contribution in [0, 0.1) is 0 Å². The Bertz CT molecular complexity index is 600. The summed E-state index contributed by atoms with van der Waals surface area (Å²) in [6, 6.07) is -0.0425. The molecule has 138 valence electrons. The van der Waals surface area contributed by atoms with Gasteiger partial charge in [0.05, 0.1) is 6.04 Å². The Morgan fingerprint density at radius 1 is 1.16 bits per heavy atom. The lowest BCUT2D eigenvalue weighted by Gasteiger charge is -2.32. The maximum atomic E-state index is 12.7. The number of aromatic nitrogens is 2. The van der Waals surface area contributed by atoms with Gasteiger partial charge in [0.25, 0.3) is 0 Å². The number of carbonyl (C=O) groups excluding carboxylic acids is 2. The Balaban J connectivity index is 1.47. The number of rotatable bonds is 6. The number of carbonyl (C=O) groups is 2. The van der Waals surface area contributed by atoms with Crippen molar-refractivity contribution >= 4 is 28.3 Å². The summed E-state index contributed by atoms with van der Waals surface area (Å²) < 4.78 is 0. The van der Waals surface area contributed by atoms with Crippen LogP contribution in [0.15, 0.2) is 0 Å². The third kappa shape index (κ3) is 4.76. The van der Waals surface area contributed by atoms with Crippen molar-refractivity contribution in [2.24, 2.45) is 0 Å². The molecule has 2 saturated heterocycles. The van der Waals surface area contributed by atoms with E-state index in [4.69, 9.17) is 0 Å². The Morgan fingerprint density at radius 2 is 1.96 bits per heavy atom. The van der Waals surface area contributed by atoms with Crippen LogP contribution in [0.1, 0.15) is 50.5 Å². The third-order valence-electron chi connectivity index (χ3n) is 4.96. The molecule has 0 saturated carbocycles. The van der Waals surface area contributed by atoms with Crippen molar-refractivity contribution < 1.29 is 9.59 Å². The van der Waals surface area contributed by atoms with Gasteiger partial charge in [-0.25, -0.2) is 0 Å². The first-order valence-corrected chi connectivity index (χ1v) is 10.1. The van der Waals surface area contributed by atoms with Gasteiger partial charge in [-0.3, -0.25) is 14.5 Å². The molecule has 3 heterocycles. The average Bonchev–Trinajstić information content (AvgIpc) is 3.29. The number of nitrogens with zero attached hydrogens (tertiary/aromatic N) is 4.